The Bertz CT molecular complexity index is 1060. The smallest absolute Gasteiger partial charge is 0.270 e. The highest BCUT2D eigenvalue weighted by atomic mass is 32.2. The summed E-state index contributed by atoms with van der Waals surface area (Å²) in [7, 11) is -3.95. The van der Waals surface area contributed by atoms with Crippen LogP contribution in [0.5, 0.6) is 0 Å². The summed E-state index contributed by atoms with van der Waals surface area (Å²) in [5.74, 6) is -3.05. The molecule has 0 bridgehead atoms. The number of benzene rings is 1. The van der Waals surface area contributed by atoms with E-state index in [9.17, 15) is 17.2 Å². The molecule has 1 aliphatic rings. The van der Waals surface area contributed by atoms with Crippen molar-refractivity contribution in [2.45, 2.75) is 63.8 Å². The number of anilines is 1. The first-order chi connectivity index (χ1) is 15.3. The molecule has 2 N–H and O–H groups in total. The predicted octanol–water partition coefficient (Wildman–Crippen LogP) is 4.30. The van der Waals surface area contributed by atoms with Crippen LogP contribution in [0.15, 0.2) is 35.2 Å². The summed E-state index contributed by atoms with van der Waals surface area (Å²) in [5.41, 5.74) is 1.23. The highest BCUT2D eigenvalue weighted by Gasteiger charge is 2.29. The van der Waals surface area contributed by atoms with Gasteiger partial charge in [0.25, 0.3) is 15.9 Å². The highest BCUT2D eigenvalue weighted by molar-refractivity contribution is 7.92. The third-order valence-electron chi connectivity index (χ3n) is 6.07. The number of hydrogen-bond donors (Lipinski definition) is 2. The van der Waals surface area contributed by atoms with E-state index in [4.69, 9.17) is 0 Å². The van der Waals surface area contributed by atoms with Gasteiger partial charge in [0.2, 0.25) is 0 Å². The quantitative estimate of drug-likeness (QED) is 0.589. The van der Waals surface area contributed by atoms with Gasteiger partial charge in [0.1, 0.15) is 4.90 Å². The molecule has 3 rings (SSSR count). The number of rotatable bonds is 8. The van der Waals surface area contributed by atoms with Crippen LogP contribution in [0.25, 0.3) is 0 Å². The molecule has 1 aromatic carbocycles. The molecule has 0 spiro atoms. The van der Waals surface area contributed by atoms with E-state index in [1.807, 2.05) is 6.92 Å². The number of aromatic nitrogens is 1. The van der Waals surface area contributed by atoms with Crippen molar-refractivity contribution in [2.24, 2.45) is 0 Å². The van der Waals surface area contributed by atoms with Crippen molar-refractivity contribution in [1.82, 2.24) is 14.8 Å². The molecule has 2 heterocycles. The number of hydrogen-bond acceptors (Lipinski definition) is 4. The minimum Gasteiger partial charge on any atom is -0.347 e. The highest BCUT2D eigenvalue weighted by Crippen LogP contribution is 2.32. The van der Waals surface area contributed by atoms with Crippen molar-refractivity contribution >= 4 is 15.7 Å². The molecule has 0 radical (unpaired) electrons. The molecule has 33 heavy (non-hydrogen) atoms. The van der Waals surface area contributed by atoms with Gasteiger partial charge in [-0.3, -0.25) is 4.72 Å². The van der Waals surface area contributed by atoms with E-state index in [0.717, 1.165) is 58.3 Å². The Kier molecular flexibility index (Phi) is 7.55. The third kappa shape index (κ3) is 6.33. The van der Waals surface area contributed by atoms with E-state index < -0.39 is 15.9 Å². The van der Waals surface area contributed by atoms with Gasteiger partial charge in [0.05, 0.1) is 0 Å². The summed E-state index contributed by atoms with van der Waals surface area (Å²) in [4.78, 5) is 2.60. The zero-order valence-corrected chi connectivity index (χ0v) is 21.0. The van der Waals surface area contributed by atoms with E-state index in [1.54, 1.807) is 6.07 Å². The molecule has 9 heteroatoms. The van der Waals surface area contributed by atoms with Crippen LogP contribution in [0.1, 0.15) is 51.1 Å². The Morgan fingerprint density at radius 3 is 2.33 bits per heavy atom. The molecule has 184 valence electrons. The predicted molar refractivity (Wildman–Crippen MR) is 129 cm³/mol. The zero-order valence-electron chi connectivity index (χ0n) is 20.2. The Hall–Kier alpha value is -1.97. The zero-order chi connectivity index (χ0) is 24.4. The first kappa shape index (κ1) is 25.6. The standard InChI is InChI=1S/C24H36F2N4O2S/c1-18-21(33(31,32)28-20-9-6-8-19(16-20)24(5,25)26)17-22(23(2,3)4)30(18)13-7-12-29-14-10-27-11-15-29/h6,8-9,16-17,27-28H,7,10-15H2,1-5H3. The molecule has 1 aromatic heterocycles. The maximum atomic E-state index is 13.7. The molecule has 0 amide bonds. The summed E-state index contributed by atoms with van der Waals surface area (Å²) < 4.78 is 58.5. The van der Waals surface area contributed by atoms with E-state index in [-0.39, 0.29) is 21.6 Å². The van der Waals surface area contributed by atoms with Gasteiger partial charge in [-0.2, -0.15) is 0 Å². The fraction of sp³-hybridized carbons (Fsp3) is 0.583. The van der Waals surface area contributed by atoms with E-state index in [2.05, 4.69) is 40.3 Å². The van der Waals surface area contributed by atoms with Crippen molar-refractivity contribution < 1.29 is 17.2 Å². The molecule has 0 unspecified atom stereocenters. The number of alkyl halides is 2. The minimum absolute atomic E-state index is 0.122. The Balaban J connectivity index is 1.86. The molecular formula is C24H36F2N4O2S. The summed E-state index contributed by atoms with van der Waals surface area (Å²) in [6.07, 6.45) is 0.916. The summed E-state index contributed by atoms with van der Waals surface area (Å²) in [6, 6.07) is 7.11. The van der Waals surface area contributed by atoms with Gasteiger partial charge < -0.3 is 14.8 Å². The monoisotopic (exact) mass is 482 g/mol. The van der Waals surface area contributed by atoms with Crippen LogP contribution in [0.2, 0.25) is 0 Å². The molecule has 1 fully saturated rings. The Labute approximate surface area is 196 Å². The van der Waals surface area contributed by atoms with Crippen LogP contribution >= 0.6 is 0 Å². The molecule has 1 saturated heterocycles. The molecule has 2 aromatic rings. The lowest BCUT2D eigenvalue weighted by Crippen LogP contribution is -2.43. The molecule has 0 atom stereocenters. The van der Waals surface area contributed by atoms with Crippen LogP contribution in [0.3, 0.4) is 0 Å². The largest absolute Gasteiger partial charge is 0.347 e. The van der Waals surface area contributed by atoms with Gasteiger partial charge in [-0.05, 0) is 38.1 Å². The van der Waals surface area contributed by atoms with Crippen LogP contribution < -0.4 is 10.0 Å². The van der Waals surface area contributed by atoms with E-state index in [0.29, 0.717) is 5.69 Å². The number of halogens is 2. The fourth-order valence-electron chi connectivity index (χ4n) is 4.25. The van der Waals surface area contributed by atoms with Crippen molar-refractivity contribution in [2.75, 3.05) is 37.4 Å². The van der Waals surface area contributed by atoms with Crippen molar-refractivity contribution in [3.05, 3.63) is 47.3 Å². The Morgan fingerprint density at radius 2 is 1.73 bits per heavy atom. The fourth-order valence-corrected chi connectivity index (χ4v) is 5.57. The van der Waals surface area contributed by atoms with Gasteiger partial charge in [-0.15, -0.1) is 0 Å². The van der Waals surface area contributed by atoms with Crippen molar-refractivity contribution in [1.29, 1.82) is 0 Å². The minimum atomic E-state index is -3.95. The maximum Gasteiger partial charge on any atom is 0.270 e. The second kappa shape index (κ2) is 9.72. The molecule has 1 aliphatic heterocycles. The lowest BCUT2D eigenvalue weighted by Gasteiger charge is -2.28. The lowest BCUT2D eigenvalue weighted by molar-refractivity contribution is 0.0175. The van der Waals surface area contributed by atoms with E-state index >= 15 is 0 Å². The normalized spacial score (nSPS) is 16.2. The lowest BCUT2D eigenvalue weighted by atomic mass is 9.92. The van der Waals surface area contributed by atoms with Gasteiger partial charge >= 0.3 is 0 Å². The number of nitrogens with zero attached hydrogens (tertiary/aromatic N) is 2. The summed E-state index contributed by atoms with van der Waals surface area (Å²) in [5, 5.41) is 3.35. The van der Waals surface area contributed by atoms with Gasteiger partial charge in [0, 0.05) is 67.7 Å². The van der Waals surface area contributed by atoms with Crippen LogP contribution in [-0.4, -0.2) is 50.6 Å². The topological polar surface area (TPSA) is 66.4 Å². The SMILES string of the molecule is Cc1c(S(=O)(=O)Nc2cccc(C(C)(F)F)c2)cc(C(C)(C)C)n1CCCN1CCNCC1. The van der Waals surface area contributed by atoms with Crippen LogP contribution in [0, 0.1) is 6.92 Å². The summed E-state index contributed by atoms with van der Waals surface area (Å²) >= 11 is 0. The second-order valence-electron chi connectivity index (χ2n) is 9.90. The Morgan fingerprint density at radius 1 is 1.06 bits per heavy atom. The molecule has 6 nitrogen and oxygen atoms in total. The molecule has 0 saturated carbocycles. The maximum absolute atomic E-state index is 13.7. The summed E-state index contributed by atoms with van der Waals surface area (Å²) in [6.45, 7) is 14.5. The molecule has 0 aliphatic carbocycles. The van der Waals surface area contributed by atoms with Crippen LogP contribution in [-0.2, 0) is 27.9 Å². The van der Waals surface area contributed by atoms with Gasteiger partial charge in [-0.1, -0.05) is 32.9 Å². The van der Waals surface area contributed by atoms with Gasteiger partial charge in [0.15, 0.2) is 0 Å². The van der Waals surface area contributed by atoms with Gasteiger partial charge in [-0.25, -0.2) is 17.2 Å². The van der Waals surface area contributed by atoms with E-state index in [1.165, 1.54) is 24.3 Å². The molecular weight excluding hydrogens is 446 g/mol. The number of piperazine rings is 1. The number of nitrogens with one attached hydrogen (secondary N) is 2. The first-order valence-electron chi connectivity index (χ1n) is 11.4. The average Bonchev–Trinajstić information content (AvgIpc) is 3.06. The second-order valence-corrected chi connectivity index (χ2v) is 11.6. The first-order valence-corrected chi connectivity index (χ1v) is 12.9. The third-order valence-corrected chi connectivity index (χ3v) is 7.56. The average molecular weight is 483 g/mol. The van der Waals surface area contributed by atoms with Crippen molar-refractivity contribution in [3.8, 4) is 0 Å². The van der Waals surface area contributed by atoms with Crippen molar-refractivity contribution in [3.63, 3.8) is 0 Å². The van der Waals surface area contributed by atoms with Crippen LogP contribution in [0.4, 0.5) is 14.5 Å². The number of sulfonamides is 1.